The molecule has 2 heterocycles. The molecule has 26 heavy (non-hydrogen) atoms. The number of fused-ring (bicyclic) bond motifs is 1. The Kier molecular flexibility index (Phi) is 5.46. The van der Waals surface area contributed by atoms with Crippen LogP contribution in [0.25, 0.3) is 10.9 Å². The molecule has 0 amide bonds. The zero-order valence-electron chi connectivity index (χ0n) is 14.6. The van der Waals surface area contributed by atoms with Gasteiger partial charge in [-0.25, -0.2) is 9.97 Å². The highest BCUT2D eigenvalue weighted by molar-refractivity contribution is 9.10. The minimum atomic E-state index is 0.342. The van der Waals surface area contributed by atoms with Gasteiger partial charge in [0.2, 0.25) is 0 Å². The number of hydrogen-bond donors (Lipinski definition) is 0. The van der Waals surface area contributed by atoms with Crippen molar-refractivity contribution in [2.45, 2.75) is 25.4 Å². The fourth-order valence-corrected chi connectivity index (χ4v) is 3.85. The Morgan fingerprint density at radius 1 is 1.04 bits per heavy atom. The maximum Gasteiger partial charge on any atom is 0.139 e. The molecule has 4 nitrogen and oxygen atoms in total. The van der Waals surface area contributed by atoms with Gasteiger partial charge in [0.25, 0.3) is 0 Å². The summed E-state index contributed by atoms with van der Waals surface area (Å²) in [4.78, 5) is 11.3. The smallest absolute Gasteiger partial charge is 0.139 e. The molecule has 0 saturated carbocycles. The minimum absolute atomic E-state index is 0.342. The van der Waals surface area contributed by atoms with Gasteiger partial charge in [0, 0.05) is 22.9 Å². The summed E-state index contributed by atoms with van der Waals surface area (Å²) in [7, 11) is 0. The highest BCUT2D eigenvalue weighted by Gasteiger charge is 2.22. The number of ether oxygens (including phenoxy) is 1. The number of anilines is 1. The molecule has 0 spiro atoms. The van der Waals surface area contributed by atoms with Crippen molar-refractivity contribution in [2.75, 3.05) is 24.6 Å². The number of nitrogens with zero attached hydrogens (tertiary/aromatic N) is 3. The van der Waals surface area contributed by atoms with Gasteiger partial charge in [-0.05, 0) is 43.0 Å². The molecule has 0 radical (unpaired) electrons. The molecule has 1 aliphatic heterocycles. The number of aromatic nitrogens is 2. The summed E-state index contributed by atoms with van der Waals surface area (Å²) >= 11 is 3.55. The average molecular weight is 412 g/mol. The number of halogens is 1. The van der Waals surface area contributed by atoms with E-state index in [1.807, 2.05) is 12.1 Å². The predicted molar refractivity (Wildman–Crippen MR) is 109 cm³/mol. The Labute approximate surface area is 162 Å². The first-order valence-electron chi connectivity index (χ1n) is 9.10. The van der Waals surface area contributed by atoms with Crippen LogP contribution in [0.1, 0.15) is 18.4 Å². The maximum atomic E-state index is 6.11. The second kappa shape index (κ2) is 8.14. The summed E-state index contributed by atoms with van der Waals surface area (Å²) in [5.41, 5.74) is 2.32. The van der Waals surface area contributed by atoms with Gasteiger partial charge in [-0.1, -0.05) is 46.3 Å². The Hall–Kier alpha value is -1.98. The van der Waals surface area contributed by atoms with E-state index in [2.05, 4.69) is 67.2 Å². The lowest BCUT2D eigenvalue weighted by atomic mass is 10.1. The van der Waals surface area contributed by atoms with E-state index in [0.29, 0.717) is 6.10 Å². The molecule has 0 unspecified atom stereocenters. The maximum absolute atomic E-state index is 6.11. The lowest BCUT2D eigenvalue weighted by Crippen LogP contribution is -2.37. The van der Waals surface area contributed by atoms with Gasteiger partial charge >= 0.3 is 0 Å². The van der Waals surface area contributed by atoms with Crippen molar-refractivity contribution < 1.29 is 4.74 Å². The summed E-state index contributed by atoms with van der Waals surface area (Å²) in [5.74, 6) is 1.03. The van der Waals surface area contributed by atoms with Crippen LogP contribution in [0.2, 0.25) is 0 Å². The molecule has 0 atom stereocenters. The van der Waals surface area contributed by atoms with Crippen LogP contribution in [0.4, 0.5) is 5.82 Å². The first-order chi connectivity index (χ1) is 12.8. The summed E-state index contributed by atoms with van der Waals surface area (Å²) in [6, 6.07) is 16.7. The van der Waals surface area contributed by atoms with E-state index < -0.39 is 0 Å². The lowest BCUT2D eigenvalue weighted by molar-refractivity contribution is 0.0390. The molecule has 0 N–H and O–H groups in total. The number of hydrogen-bond acceptors (Lipinski definition) is 4. The molecule has 3 aromatic rings. The zero-order valence-corrected chi connectivity index (χ0v) is 16.2. The van der Waals surface area contributed by atoms with Gasteiger partial charge < -0.3 is 9.64 Å². The number of rotatable bonds is 5. The van der Waals surface area contributed by atoms with Crippen molar-refractivity contribution >= 4 is 32.7 Å². The van der Waals surface area contributed by atoms with Gasteiger partial charge in [0.1, 0.15) is 12.1 Å². The fraction of sp³-hybridized carbons (Fsp3) is 0.333. The second-order valence-corrected chi connectivity index (χ2v) is 7.57. The van der Waals surface area contributed by atoms with Gasteiger partial charge in [-0.3, -0.25) is 0 Å². The second-order valence-electron chi connectivity index (χ2n) is 6.65. The van der Waals surface area contributed by atoms with Crippen LogP contribution in [-0.4, -0.2) is 35.8 Å². The summed E-state index contributed by atoms with van der Waals surface area (Å²) in [6.45, 7) is 2.72. The Morgan fingerprint density at radius 2 is 1.85 bits per heavy atom. The summed E-state index contributed by atoms with van der Waals surface area (Å²) < 4.78 is 7.17. The van der Waals surface area contributed by atoms with E-state index in [-0.39, 0.29) is 0 Å². The molecule has 1 aliphatic rings. The average Bonchev–Trinajstić information content (AvgIpc) is 2.69. The predicted octanol–water partition coefficient (Wildman–Crippen LogP) is 4.62. The van der Waals surface area contributed by atoms with Crippen LogP contribution in [0.15, 0.2) is 59.3 Å². The molecule has 1 fully saturated rings. The highest BCUT2D eigenvalue weighted by atomic mass is 79.9. The highest BCUT2D eigenvalue weighted by Crippen LogP contribution is 2.28. The Morgan fingerprint density at radius 3 is 2.65 bits per heavy atom. The van der Waals surface area contributed by atoms with Crippen molar-refractivity contribution in [3.05, 3.63) is 64.9 Å². The Bertz CT molecular complexity index is 864. The van der Waals surface area contributed by atoms with E-state index in [1.165, 1.54) is 5.56 Å². The molecule has 4 rings (SSSR count). The molecule has 5 heteroatoms. The van der Waals surface area contributed by atoms with Gasteiger partial charge in [0.15, 0.2) is 0 Å². The van der Waals surface area contributed by atoms with E-state index >= 15 is 0 Å². The monoisotopic (exact) mass is 411 g/mol. The van der Waals surface area contributed by atoms with Crippen LogP contribution in [-0.2, 0) is 11.2 Å². The molecule has 134 valence electrons. The van der Waals surface area contributed by atoms with Crippen LogP contribution in [0.3, 0.4) is 0 Å². The standard InChI is InChI=1S/C21H22BrN3O/c22-17-6-7-20-19(14-17)21(24-15-23-20)25-11-8-18(9-12-25)26-13-10-16-4-2-1-3-5-16/h1-7,14-15,18H,8-13H2. The minimum Gasteiger partial charge on any atom is -0.378 e. The topological polar surface area (TPSA) is 38.2 Å². The first kappa shape index (κ1) is 17.4. The lowest BCUT2D eigenvalue weighted by Gasteiger charge is -2.33. The number of piperidine rings is 1. The van der Waals surface area contributed by atoms with Crippen molar-refractivity contribution in [3.63, 3.8) is 0 Å². The quantitative estimate of drug-likeness (QED) is 0.613. The van der Waals surface area contributed by atoms with Gasteiger partial charge in [-0.2, -0.15) is 0 Å². The van der Waals surface area contributed by atoms with Gasteiger partial charge in [-0.15, -0.1) is 0 Å². The third-order valence-electron chi connectivity index (χ3n) is 4.90. The van der Waals surface area contributed by atoms with Crippen molar-refractivity contribution in [3.8, 4) is 0 Å². The molecule has 0 bridgehead atoms. The van der Waals surface area contributed by atoms with E-state index in [1.54, 1.807) is 6.33 Å². The third kappa shape index (κ3) is 4.05. The van der Waals surface area contributed by atoms with E-state index in [4.69, 9.17) is 4.74 Å². The number of benzene rings is 2. The normalized spacial score (nSPS) is 15.5. The first-order valence-corrected chi connectivity index (χ1v) is 9.89. The van der Waals surface area contributed by atoms with Crippen molar-refractivity contribution in [1.82, 2.24) is 9.97 Å². The van der Waals surface area contributed by atoms with E-state index in [0.717, 1.165) is 60.2 Å². The van der Waals surface area contributed by atoms with Crippen molar-refractivity contribution in [2.24, 2.45) is 0 Å². The SMILES string of the molecule is Brc1ccc2ncnc(N3CCC(OCCc4ccccc4)CC3)c2c1. The van der Waals surface area contributed by atoms with E-state index in [9.17, 15) is 0 Å². The summed E-state index contributed by atoms with van der Waals surface area (Å²) in [5, 5.41) is 1.10. The van der Waals surface area contributed by atoms with Crippen molar-refractivity contribution in [1.29, 1.82) is 0 Å². The molecule has 1 aromatic heterocycles. The molecular weight excluding hydrogens is 390 g/mol. The zero-order chi connectivity index (χ0) is 17.8. The van der Waals surface area contributed by atoms with Gasteiger partial charge in [0.05, 0.1) is 18.2 Å². The van der Waals surface area contributed by atoms with Crippen LogP contribution < -0.4 is 4.90 Å². The Balaban J connectivity index is 1.34. The summed E-state index contributed by atoms with van der Waals surface area (Å²) in [6.07, 6.45) is 5.05. The largest absolute Gasteiger partial charge is 0.378 e. The van der Waals surface area contributed by atoms with Crippen LogP contribution >= 0.6 is 15.9 Å². The molecule has 0 aliphatic carbocycles. The van der Waals surface area contributed by atoms with Crippen LogP contribution in [0.5, 0.6) is 0 Å². The third-order valence-corrected chi connectivity index (χ3v) is 5.40. The molecular formula is C21H22BrN3O. The molecule has 2 aromatic carbocycles. The van der Waals surface area contributed by atoms with Crippen LogP contribution in [0, 0.1) is 0 Å². The fourth-order valence-electron chi connectivity index (χ4n) is 3.49. The molecule has 1 saturated heterocycles.